The van der Waals surface area contributed by atoms with Gasteiger partial charge in [0.05, 0.1) is 12.7 Å². The van der Waals surface area contributed by atoms with Crippen molar-refractivity contribution in [3.05, 3.63) is 53.7 Å². The van der Waals surface area contributed by atoms with E-state index in [1.807, 2.05) is 30.1 Å². The molecule has 3 aromatic rings. The maximum Gasteiger partial charge on any atom is 0.247 e. The van der Waals surface area contributed by atoms with Gasteiger partial charge in [0, 0.05) is 18.8 Å². The highest BCUT2D eigenvalue weighted by atomic mass is 16.4. The average molecular weight is 337 g/mol. The van der Waals surface area contributed by atoms with Gasteiger partial charge in [-0.1, -0.05) is 17.7 Å². The lowest BCUT2D eigenvalue weighted by Crippen LogP contribution is -2.32. The normalized spacial score (nSPS) is 16.4. The van der Waals surface area contributed by atoms with Gasteiger partial charge in [-0.2, -0.15) is 5.10 Å². The van der Waals surface area contributed by atoms with Crippen molar-refractivity contribution in [3.8, 4) is 11.5 Å². The lowest BCUT2D eigenvalue weighted by atomic mass is 9.91. The molecule has 25 heavy (non-hydrogen) atoms. The smallest absolute Gasteiger partial charge is 0.247 e. The van der Waals surface area contributed by atoms with Crippen molar-refractivity contribution in [3.63, 3.8) is 0 Å². The first kappa shape index (κ1) is 16.0. The lowest BCUT2D eigenvalue weighted by Gasteiger charge is -2.30. The Morgan fingerprint density at radius 1 is 1.12 bits per heavy atom. The largest absolute Gasteiger partial charge is 0.419 e. The minimum Gasteiger partial charge on any atom is -0.419 e. The molecule has 2 aromatic heterocycles. The van der Waals surface area contributed by atoms with E-state index in [1.165, 1.54) is 11.1 Å². The maximum absolute atomic E-state index is 5.85. The minimum absolute atomic E-state index is 0.597. The van der Waals surface area contributed by atoms with Crippen LogP contribution in [0.1, 0.15) is 35.8 Å². The molecule has 0 saturated carbocycles. The molecule has 0 atom stereocenters. The Kier molecular flexibility index (Phi) is 4.36. The zero-order valence-electron chi connectivity index (χ0n) is 14.7. The fourth-order valence-corrected chi connectivity index (χ4v) is 3.40. The molecule has 0 spiro atoms. The number of likely N-dealkylation sites (tertiary alicyclic amines) is 1. The first-order valence-electron chi connectivity index (χ1n) is 8.78. The summed E-state index contributed by atoms with van der Waals surface area (Å²) in [4.78, 5) is 2.39. The molecule has 0 amide bonds. The van der Waals surface area contributed by atoms with Crippen LogP contribution >= 0.6 is 0 Å². The van der Waals surface area contributed by atoms with E-state index in [4.69, 9.17) is 4.42 Å². The van der Waals surface area contributed by atoms with E-state index in [0.717, 1.165) is 38.0 Å². The minimum atomic E-state index is 0.597. The van der Waals surface area contributed by atoms with Gasteiger partial charge in [-0.05, 0) is 56.5 Å². The summed E-state index contributed by atoms with van der Waals surface area (Å²) in [7, 11) is 1.97. The molecule has 0 unspecified atom stereocenters. The summed E-state index contributed by atoms with van der Waals surface area (Å²) in [6, 6.07) is 8.16. The highest BCUT2D eigenvalue weighted by Gasteiger charge is 2.23. The Bertz CT molecular complexity index is 828. The van der Waals surface area contributed by atoms with Gasteiger partial charge in [0.15, 0.2) is 0 Å². The lowest BCUT2D eigenvalue weighted by molar-refractivity contribution is 0.188. The summed E-state index contributed by atoms with van der Waals surface area (Å²) in [5.74, 6) is 1.89. The SMILES string of the molecule is Cc1ccc(-c2nnc(CN3CCC(c4cnn(C)c4)CC3)o2)cc1. The third kappa shape index (κ3) is 3.64. The van der Waals surface area contributed by atoms with Gasteiger partial charge in [0.25, 0.3) is 0 Å². The van der Waals surface area contributed by atoms with Gasteiger partial charge >= 0.3 is 0 Å². The molecular weight excluding hydrogens is 314 g/mol. The monoisotopic (exact) mass is 337 g/mol. The molecule has 6 heteroatoms. The molecule has 1 aliphatic rings. The van der Waals surface area contributed by atoms with Crippen molar-refractivity contribution < 1.29 is 4.42 Å². The summed E-state index contributed by atoms with van der Waals surface area (Å²) in [6.45, 7) is 4.88. The van der Waals surface area contributed by atoms with Crippen LogP contribution in [-0.2, 0) is 13.6 Å². The number of benzene rings is 1. The van der Waals surface area contributed by atoms with Crippen LogP contribution < -0.4 is 0 Å². The quantitative estimate of drug-likeness (QED) is 0.732. The van der Waals surface area contributed by atoms with Crippen LogP contribution in [0.2, 0.25) is 0 Å². The maximum atomic E-state index is 5.85. The van der Waals surface area contributed by atoms with Gasteiger partial charge in [-0.25, -0.2) is 0 Å². The molecule has 0 aliphatic carbocycles. The van der Waals surface area contributed by atoms with Gasteiger partial charge in [0.1, 0.15) is 0 Å². The summed E-state index contributed by atoms with van der Waals surface area (Å²) < 4.78 is 7.73. The number of hydrogen-bond acceptors (Lipinski definition) is 5. The summed E-state index contributed by atoms with van der Waals surface area (Å²) in [5.41, 5.74) is 3.54. The Morgan fingerprint density at radius 3 is 2.56 bits per heavy atom. The second-order valence-corrected chi connectivity index (χ2v) is 6.86. The zero-order chi connectivity index (χ0) is 17.2. The van der Waals surface area contributed by atoms with Gasteiger partial charge in [-0.15, -0.1) is 10.2 Å². The van der Waals surface area contributed by atoms with E-state index in [-0.39, 0.29) is 0 Å². The van der Waals surface area contributed by atoms with Crippen LogP contribution in [-0.4, -0.2) is 38.0 Å². The van der Waals surface area contributed by atoms with Crippen molar-refractivity contribution in [2.75, 3.05) is 13.1 Å². The molecule has 130 valence electrons. The Labute approximate surface area is 147 Å². The third-order valence-corrected chi connectivity index (χ3v) is 4.91. The Morgan fingerprint density at radius 2 is 1.88 bits per heavy atom. The second kappa shape index (κ2) is 6.80. The van der Waals surface area contributed by atoms with E-state index in [9.17, 15) is 0 Å². The zero-order valence-corrected chi connectivity index (χ0v) is 14.7. The molecule has 1 aliphatic heterocycles. The number of rotatable bonds is 4. The molecule has 1 fully saturated rings. The molecule has 6 nitrogen and oxygen atoms in total. The van der Waals surface area contributed by atoms with Gasteiger partial charge in [-0.3, -0.25) is 9.58 Å². The molecule has 3 heterocycles. The molecule has 0 N–H and O–H groups in total. The van der Waals surface area contributed by atoms with Crippen molar-refractivity contribution in [2.45, 2.75) is 32.2 Å². The fourth-order valence-electron chi connectivity index (χ4n) is 3.40. The van der Waals surface area contributed by atoms with E-state index in [1.54, 1.807) is 0 Å². The molecule has 4 rings (SSSR count). The third-order valence-electron chi connectivity index (χ3n) is 4.91. The number of piperidine rings is 1. The van der Waals surface area contributed by atoms with Crippen LogP contribution in [0.25, 0.3) is 11.5 Å². The first-order chi connectivity index (χ1) is 12.2. The van der Waals surface area contributed by atoms with E-state index in [0.29, 0.717) is 17.7 Å². The predicted octanol–water partition coefficient (Wildman–Crippen LogP) is 3.16. The Balaban J connectivity index is 1.35. The molecule has 1 saturated heterocycles. The first-order valence-corrected chi connectivity index (χ1v) is 8.78. The number of aromatic nitrogens is 4. The standard InChI is InChI=1S/C19H23N5O/c1-14-3-5-16(6-4-14)19-22-21-18(25-19)13-24-9-7-15(8-10-24)17-11-20-23(2)12-17/h3-6,11-12,15H,7-10,13H2,1-2H3. The topological polar surface area (TPSA) is 60.0 Å². The van der Waals surface area contributed by atoms with E-state index in [2.05, 4.69) is 45.4 Å². The fraction of sp³-hybridized carbons (Fsp3) is 0.421. The van der Waals surface area contributed by atoms with Gasteiger partial charge < -0.3 is 4.42 Å². The predicted molar refractivity (Wildman–Crippen MR) is 94.9 cm³/mol. The van der Waals surface area contributed by atoms with Crippen molar-refractivity contribution in [2.24, 2.45) is 7.05 Å². The van der Waals surface area contributed by atoms with Gasteiger partial charge in [0.2, 0.25) is 11.8 Å². The number of nitrogens with zero attached hydrogens (tertiary/aromatic N) is 5. The molecule has 0 bridgehead atoms. The molecular formula is C19H23N5O. The highest BCUT2D eigenvalue weighted by Crippen LogP contribution is 2.28. The van der Waals surface area contributed by atoms with E-state index >= 15 is 0 Å². The molecule has 1 aromatic carbocycles. The number of aryl methyl sites for hydroxylation is 2. The summed E-state index contributed by atoms with van der Waals surface area (Å²) in [5, 5.41) is 12.7. The Hall–Kier alpha value is -2.47. The van der Waals surface area contributed by atoms with E-state index < -0.39 is 0 Å². The van der Waals surface area contributed by atoms with Crippen LogP contribution in [0.4, 0.5) is 0 Å². The van der Waals surface area contributed by atoms with Crippen LogP contribution in [0.15, 0.2) is 41.1 Å². The second-order valence-electron chi connectivity index (χ2n) is 6.86. The van der Waals surface area contributed by atoms with Crippen molar-refractivity contribution in [1.82, 2.24) is 24.9 Å². The average Bonchev–Trinajstić information content (AvgIpc) is 3.26. The molecule has 0 radical (unpaired) electrons. The summed E-state index contributed by atoms with van der Waals surface area (Å²) >= 11 is 0. The van der Waals surface area contributed by atoms with Crippen LogP contribution in [0.3, 0.4) is 0 Å². The van der Waals surface area contributed by atoms with Crippen molar-refractivity contribution >= 4 is 0 Å². The van der Waals surface area contributed by atoms with Crippen LogP contribution in [0.5, 0.6) is 0 Å². The summed E-state index contributed by atoms with van der Waals surface area (Å²) in [6.07, 6.45) is 6.41. The van der Waals surface area contributed by atoms with Crippen molar-refractivity contribution in [1.29, 1.82) is 0 Å². The number of hydrogen-bond donors (Lipinski definition) is 0. The highest BCUT2D eigenvalue weighted by molar-refractivity contribution is 5.52. The van der Waals surface area contributed by atoms with Crippen LogP contribution in [0, 0.1) is 6.92 Å².